The number of carbonyl (C=O) groups excluding carboxylic acids is 1. The lowest BCUT2D eigenvalue weighted by molar-refractivity contribution is 0.0984. The predicted octanol–water partition coefficient (Wildman–Crippen LogP) is 3.54. The second-order valence-corrected chi connectivity index (χ2v) is 5.28. The van der Waals surface area contributed by atoms with Crippen molar-refractivity contribution in [1.82, 2.24) is 0 Å². The number of nitrogens with zero attached hydrogens (tertiary/aromatic N) is 2. The maximum atomic E-state index is 12.1. The van der Waals surface area contributed by atoms with Gasteiger partial charge in [-0.2, -0.15) is 5.26 Å². The summed E-state index contributed by atoms with van der Waals surface area (Å²) in [5.74, 6) is 0.221. The molecule has 0 saturated heterocycles. The minimum absolute atomic E-state index is 0.221. The highest BCUT2D eigenvalue weighted by Gasteiger charge is 2.20. The van der Waals surface area contributed by atoms with Crippen molar-refractivity contribution in [3.63, 3.8) is 0 Å². The Balaban J connectivity index is 1.93. The summed E-state index contributed by atoms with van der Waals surface area (Å²) in [4.78, 5) is 14.4. The lowest BCUT2D eigenvalue weighted by atomic mass is 10.1. The van der Waals surface area contributed by atoms with Gasteiger partial charge in [0, 0.05) is 30.8 Å². The first-order valence-electron chi connectivity index (χ1n) is 7.14. The zero-order valence-electron chi connectivity index (χ0n) is 11.7. The first-order valence-corrected chi connectivity index (χ1v) is 7.14. The van der Waals surface area contributed by atoms with Crippen LogP contribution >= 0.6 is 0 Å². The predicted molar refractivity (Wildman–Crippen MR) is 82.2 cm³/mol. The number of hydrogen-bond donors (Lipinski definition) is 0. The molecule has 104 valence electrons. The normalized spacial score (nSPS) is 14.2. The molecule has 21 heavy (non-hydrogen) atoms. The third kappa shape index (κ3) is 2.80. The molecule has 1 aliphatic heterocycles. The summed E-state index contributed by atoms with van der Waals surface area (Å²) >= 11 is 0. The van der Waals surface area contributed by atoms with Gasteiger partial charge in [-0.25, -0.2) is 0 Å². The van der Waals surface area contributed by atoms with Crippen molar-refractivity contribution in [3.05, 3.63) is 65.2 Å². The molecule has 0 saturated carbocycles. The van der Waals surface area contributed by atoms with E-state index in [9.17, 15) is 4.79 Å². The molecular weight excluding hydrogens is 260 g/mol. The second-order valence-electron chi connectivity index (χ2n) is 5.28. The van der Waals surface area contributed by atoms with Crippen LogP contribution in [0.2, 0.25) is 0 Å². The standard InChI is InChI=1S/C18H16N2O/c19-12-14-5-3-6-15(11-14)13-20-10-4-9-18(21)16-7-1-2-8-17(16)20/h1-3,5-8,11H,4,9-10,13H2. The van der Waals surface area contributed by atoms with Crippen LogP contribution in [0.3, 0.4) is 0 Å². The van der Waals surface area contributed by atoms with E-state index in [0.717, 1.165) is 36.3 Å². The van der Waals surface area contributed by atoms with E-state index in [-0.39, 0.29) is 5.78 Å². The van der Waals surface area contributed by atoms with E-state index in [0.29, 0.717) is 12.0 Å². The van der Waals surface area contributed by atoms with Gasteiger partial charge in [-0.15, -0.1) is 0 Å². The fourth-order valence-electron chi connectivity index (χ4n) is 2.79. The van der Waals surface area contributed by atoms with E-state index < -0.39 is 0 Å². The van der Waals surface area contributed by atoms with E-state index in [4.69, 9.17) is 5.26 Å². The fraction of sp³-hybridized carbons (Fsp3) is 0.222. The summed E-state index contributed by atoms with van der Waals surface area (Å²) in [6, 6.07) is 17.6. The Morgan fingerprint density at radius 1 is 1.14 bits per heavy atom. The molecule has 3 rings (SSSR count). The lowest BCUT2D eigenvalue weighted by Gasteiger charge is -2.24. The number of benzene rings is 2. The van der Waals surface area contributed by atoms with E-state index in [2.05, 4.69) is 11.0 Å². The van der Waals surface area contributed by atoms with Crippen LogP contribution in [0, 0.1) is 11.3 Å². The van der Waals surface area contributed by atoms with Crippen LogP contribution in [0.4, 0.5) is 5.69 Å². The Morgan fingerprint density at radius 3 is 2.86 bits per heavy atom. The zero-order chi connectivity index (χ0) is 14.7. The number of nitriles is 1. The van der Waals surface area contributed by atoms with E-state index >= 15 is 0 Å². The summed E-state index contributed by atoms with van der Waals surface area (Å²) in [5, 5.41) is 9.00. The Morgan fingerprint density at radius 2 is 2.00 bits per heavy atom. The molecule has 0 amide bonds. The summed E-state index contributed by atoms with van der Waals surface area (Å²) < 4.78 is 0. The molecule has 0 aliphatic carbocycles. The summed E-state index contributed by atoms with van der Waals surface area (Å²) in [6.45, 7) is 1.58. The molecule has 1 aliphatic rings. The van der Waals surface area contributed by atoms with Crippen molar-refractivity contribution in [2.75, 3.05) is 11.4 Å². The van der Waals surface area contributed by atoms with Crippen molar-refractivity contribution in [2.45, 2.75) is 19.4 Å². The van der Waals surface area contributed by atoms with Gasteiger partial charge in [0.25, 0.3) is 0 Å². The van der Waals surface area contributed by atoms with E-state index in [1.54, 1.807) is 0 Å². The SMILES string of the molecule is N#Cc1cccc(CN2CCCC(=O)c3ccccc32)c1. The Hall–Kier alpha value is -2.60. The van der Waals surface area contributed by atoms with Crippen LogP contribution in [-0.2, 0) is 6.54 Å². The molecule has 0 radical (unpaired) electrons. The van der Waals surface area contributed by atoms with Gasteiger partial charge in [0.2, 0.25) is 0 Å². The highest BCUT2D eigenvalue weighted by molar-refractivity contribution is 6.01. The highest BCUT2D eigenvalue weighted by atomic mass is 16.1. The number of ketones is 1. The van der Waals surface area contributed by atoms with Crippen LogP contribution < -0.4 is 4.90 Å². The van der Waals surface area contributed by atoms with Gasteiger partial charge in [0.15, 0.2) is 5.78 Å². The quantitative estimate of drug-likeness (QED) is 0.842. The second kappa shape index (κ2) is 5.80. The molecule has 3 nitrogen and oxygen atoms in total. The monoisotopic (exact) mass is 276 g/mol. The number of anilines is 1. The summed E-state index contributed by atoms with van der Waals surface area (Å²) in [5.41, 5.74) is 3.58. The number of carbonyl (C=O) groups is 1. The van der Waals surface area contributed by atoms with Crippen LogP contribution in [-0.4, -0.2) is 12.3 Å². The third-order valence-corrected chi connectivity index (χ3v) is 3.81. The van der Waals surface area contributed by atoms with Crippen molar-refractivity contribution in [2.24, 2.45) is 0 Å². The highest BCUT2D eigenvalue weighted by Crippen LogP contribution is 2.27. The molecule has 0 fully saturated rings. The van der Waals surface area contributed by atoms with Gasteiger partial charge in [0.1, 0.15) is 0 Å². The van der Waals surface area contributed by atoms with Gasteiger partial charge in [-0.3, -0.25) is 4.79 Å². The first-order chi connectivity index (χ1) is 10.3. The van der Waals surface area contributed by atoms with Crippen LogP contribution in [0.5, 0.6) is 0 Å². The van der Waals surface area contributed by atoms with Crippen molar-refractivity contribution in [3.8, 4) is 6.07 Å². The van der Waals surface area contributed by atoms with Crippen LogP contribution in [0.1, 0.15) is 34.3 Å². The molecule has 0 bridgehead atoms. The lowest BCUT2D eigenvalue weighted by Crippen LogP contribution is -2.23. The summed E-state index contributed by atoms with van der Waals surface area (Å²) in [7, 11) is 0. The molecule has 2 aromatic rings. The Kier molecular flexibility index (Phi) is 3.70. The summed E-state index contributed by atoms with van der Waals surface area (Å²) in [6.07, 6.45) is 1.47. The van der Waals surface area contributed by atoms with Crippen LogP contribution in [0.25, 0.3) is 0 Å². The molecule has 0 spiro atoms. The maximum Gasteiger partial charge on any atom is 0.165 e. The van der Waals surface area contributed by atoms with Gasteiger partial charge in [-0.1, -0.05) is 24.3 Å². The third-order valence-electron chi connectivity index (χ3n) is 3.81. The number of para-hydroxylation sites is 1. The maximum absolute atomic E-state index is 12.1. The molecule has 2 aromatic carbocycles. The number of Topliss-reactive ketones (excluding diaryl/α,β-unsaturated/α-hetero) is 1. The van der Waals surface area contributed by atoms with Gasteiger partial charge in [0.05, 0.1) is 11.6 Å². The zero-order valence-corrected chi connectivity index (χ0v) is 11.7. The molecule has 0 N–H and O–H groups in total. The minimum atomic E-state index is 0.221. The molecule has 1 heterocycles. The van der Waals surface area contributed by atoms with Crippen LogP contribution in [0.15, 0.2) is 48.5 Å². The topological polar surface area (TPSA) is 44.1 Å². The average molecular weight is 276 g/mol. The molecule has 3 heteroatoms. The van der Waals surface area contributed by atoms with Gasteiger partial charge >= 0.3 is 0 Å². The van der Waals surface area contributed by atoms with E-state index in [1.165, 1.54) is 0 Å². The minimum Gasteiger partial charge on any atom is -0.367 e. The van der Waals surface area contributed by atoms with Crippen molar-refractivity contribution in [1.29, 1.82) is 5.26 Å². The molecule has 0 atom stereocenters. The molecular formula is C18H16N2O. The fourth-order valence-corrected chi connectivity index (χ4v) is 2.79. The van der Waals surface area contributed by atoms with E-state index in [1.807, 2.05) is 48.5 Å². The Bertz CT molecular complexity index is 715. The number of rotatable bonds is 2. The average Bonchev–Trinajstić information content (AvgIpc) is 2.68. The van der Waals surface area contributed by atoms with Crippen molar-refractivity contribution >= 4 is 11.5 Å². The number of hydrogen-bond acceptors (Lipinski definition) is 3. The largest absolute Gasteiger partial charge is 0.367 e. The first kappa shape index (κ1) is 13.4. The van der Waals surface area contributed by atoms with Crippen molar-refractivity contribution < 1.29 is 4.79 Å². The number of fused-ring (bicyclic) bond motifs is 1. The van der Waals surface area contributed by atoms with Gasteiger partial charge in [-0.05, 0) is 36.2 Å². The van der Waals surface area contributed by atoms with Gasteiger partial charge < -0.3 is 4.90 Å². The molecule has 0 unspecified atom stereocenters. The molecule has 0 aromatic heterocycles. The smallest absolute Gasteiger partial charge is 0.165 e. The Labute approximate surface area is 124 Å².